The van der Waals surface area contributed by atoms with Crippen LogP contribution in [0.3, 0.4) is 0 Å². The number of nitrogens with two attached hydrogens (primary N) is 1. The van der Waals surface area contributed by atoms with Crippen molar-refractivity contribution in [3.05, 3.63) is 70.8 Å². The van der Waals surface area contributed by atoms with Gasteiger partial charge in [0, 0.05) is 24.2 Å². The highest BCUT2D eigenvalue weighted by molar-refractivity contribution is 5.92. The number of benzene rings is 2. The van der Waals surface area contributed by atoms with E-state index in [4.69, 9.17) is 5.73 Å². The quantitative estimate of drug-likeness (QED) is 0.784. The molecule has 0 aliphatic carbocycles. The fourth-order valence-corrected chi connectivity index (χ4v) is 3.24. The molecule has 2 N–H and O–H groups in total. The normalized spacial score (nSPS) is 20.6. The Hall–Kier alpha value is -2.34. The minimum absolute atomic E-state index is 0.0598. The Morgan fingerprint density at radius 2 is 1.92 bits per heavy atom. The van der Waals surface area contributed by atoms with Crippen LogP contribution in [0.5, 0.6) is 0 Å². The first-order valence-electron chi connectivity index (χ1n) is 8.57. The van der Waals surface area contributed by atoms with Crippen LogP contribution in [0, 0.1) is 0 Å². The SMILES string of the molecule is CC(CCc1ccc(C(N)=O)cc1)N1CC1c1cccc(C(F)(F)F)c1. The summed E-state index contributed by atoms with van der Waals surface area (Å²) in [6, 6.07) is 13.1. The van der Waals surface area contributed by atoms with Gasteiger partial charge in [-0.05, 0) is 55.2 Å². The van der Waals surface area contributed by atoms with Crippen molar-refractivity contribution in [1.29, 1.82) is 0 Å². The second-order valence-corrected chi connectivity index (χ2v) is 6.78. The molecular weight excluding hydrogens is 341 g/mol. The van der Waals surface area contributed by atoms with Crippen LogP contribution < -0.4 is 5.73 Å². The first kappa shape index (κ1) is 18.5. The fourth-order valence-electron chi connectivity index (χ4n) is 3.24. The van der Waals surface area contributed by atoms with Crippen LogP contribution >= 0.6 is 0 Å². The molecule has 3 rings (SSSR count). The van der Waals surface area contributed by atoms with Crippen LogP contribution in [-0.2, 0) is 12.6 Å². The molecule has 0 radical (unpaired) electrons. The summed E-state index contributed by atoms with van der Waals surface area (Å²) in [5, 5.41) is 0. The van der Waals surface area contributed by atoms with Gasteiger partial charge in [0.1, 0.15) is 0 Å². The number of carbonyl (C=O) groups is 1. The summed E-state index contributed by atoms with van der Waals surface area (Å²) in [7, 11) is 0. The van der Waals surface area contributed by atoms with Gasteiger partial charge in [0.25, 0.3) is 0 Å². The molecule has 3 nitrogen and oxygen atoms in total. The number of alkyl halides is 3. The highest BCUT2D eigenvalue weighted by atomic mass is 19.4. The number of hydrogen-bond donors (Lipinski definition) is 1. The van der Waals surface area contributed by atoms with Gasteiger partial charge in [-0.15, -0.1) is 0 Å². The lowest BCUT2D eigenvalue weighted by atomic mass is 10.0. The number of amides is 1. The highest BCUT2D eigenvalue weighted by Gasteiger charge is 2.40. The van der Waals surface area contributed by atoms with E-state index in [1.165, 1.54) is 12.1 Å². The lowest BCUT2D eigenvalue weighted by Crippen LogP contribution is -2.16. The van der Waals surface area contributed by atoms with Crippen molar-refractivity contribution in [3.63, 3.8) is 0 Å². The number of nitrogens with zero attached hydrogens (tertiary/aromatic N) is 1. The molecule has 1 fully saturated rings. The lowest BCUT2D eigenvalue weighted by molar-refractivity contribution is -0.137. The molecule has 6 heteroatoms. The zero-order chi connectivity index (χ0) is 18.9. The first-order valence-corrected chi connectivity index (χ1v) is 8.57. The maximum atomic E-state index is 12.9. The molecule has 3 atom stereocenters. The lowest BCUT2D eigenvalue weighted by Gasteiger charge is -2.15. The average molecular weight is 362 g/mol. The van der Waals surface area contributed by atoms with Gasteiger partial charge in [0.2, 0.25) is 5.91 Å². The second kappa shape index (κ2) is 7.11. The molecule has 26 heavy (non-hydrogen) atoms. The Balaban J connectivity index is 1.56. The number of aryl methyl sites for hydroxylation is 1. The maximum Gasteiger partial charge on any atom is 0.416 e. The van der Waals surface area contributed by atoms with Gasteiger partial charge in [0.15, 0.2) is 0 Å². The summed E-state index contributed by atoms with van der Waals surface area (Å²) in [5.41, 5.74) is 6.95. The molecule has 0 saturated carbocycles. The third-order valence-electron chi connectivity index (χ3n) is 4.90. The van der Waals surface area contributed by atoms with E-state index in [9.17, 15) is 18.0 Å². The minimum atomic E-state index is -4.31. The molecule has 1 aliphatic rings. The van der Waals surface area contributed by atoms with Crippen molar-refractivity contribution in [1.82, 2.24) is 4.90 Å². The number of hydrogen-bond acceptors (Lipinski definition) is 2. The Kier molecular flexibility index (Phi) is 5.05. The van der Waals surface area contributed by atoms with Gasteiger partial charge in [-0.2, -0.15) is 13.2 Å². The van der Waals surface area contributed by atoms with Gasteiger partial charge in [0.05, 0.1) is 5.56 Å². The predicted octanol–water partition coefficient (Wildman–Crippen LogP) is 4.18. The monoisotopic (exact) mass is 362 g/mol. The zero-order valence-corrected chi connectivity index (χ0v) is 14.5. The van der Waals surface area contributed by atoms with Crippen molar-refractivity contribution in [3.8, 4) is 0 Å². The van der Waals surface area contributed by atoms with Gasteiger partial charge in [-0.25, -0.2) is 0 Å². The minimum Gasteiger partial charge on any atom is -0.366 e. The third kappa shape index (κ3) is 4.25. The molecule has 0 aromatic heterocycles. The summed E-state index contributed by atoms with van der Waals surface area (Å²) in [4.78, 5) is 13.3. The summed E-state index contributed by atoms with van der Waals surface area (Å²) >= 11 is 0. The second-order valence-electron chi connectivity index (χ2n) is 6.78. The molecule has 2 aromatic rings. The first-order chi connectivity index (χ1) is 12.3. The Bertz CT molecular complexity index is 786. The largest absolute Gasteiger partial charge is 0.416 e. The summed E-state index contributed by atoms with van der Waals surface area (Å²) < 4.78 is 38.6. The van der Waals surface area contributed by atoms with Crippen molar-refractivity contribution >= 4 is 5.91 Å². The molecule has 138 valence electrons. The number of halogens is 3. The summed E-state index contributed by atoms with van der Waals surface area (Å²) in [6.45, 7) is 2.87. The Labute approximate surface area is 150 Å². The predicted molar refractivity (Wildman–Crippen MR) is 93.6 cm³/mol. The van der Waals surface area contributed by atoms with E-state index in [2.05, 4.69) is 11.8 Å². The van der Waals surface area contributed by atoms with E-state index < -0.39 is 17.6 Å². The molecule has 1 aliphatic heterocycles. The van der Waals surface area contributed by atoms with Crippen molar-refractivity contribution < 1.29 is 18.0 Å². The van der Waals surface area contributed by atoms with E-state index >= 15 is 0 Å². The van der Waals surface area contributed by atoms with Crippen LogP contribution in [0.2, 0.25) is 0 Å². The topological polar surface area (TPSA) is 46.1 Å². The van der Waals surface area contributed by atoms with Crippen LogP contribution in [0.25, 0.3) is 0 Å². The Morgan fingerprint density at radius 1 is 1.23 bits per heavy atom. The zero-order valence-electron chi connectivity index (χ0n) is 14.5. The average Bonchev–Trinajstić information content (AvgIpc) is 3.40. The van der Waals surface area contributed by atoms with Gasteiger partial charge < -0.3 is 5.73 Å². The molecule has 1 heterocycles. The van der Waals surface area contributed by atoms with Crippen LogP contribution in [0.4, 0.5) is 13.2 Å². The van der Waals surface area contributed by atoms with Crippen molar-refractivity contribution in [2.75, 3.05) is 6.54 Å². The van der Waals surface area contributed by atoms with Gasteiger partial charge in [-0.1, -0.05) is 24.3 Å². The van der Waals surface area contributed by atoms with E-state index in [0.717, 1.165) is 36.6 Å². The molecule has 1 amide bonds. The van der Waals surface area contributed by atoms with E-state index in [1.807, 2.05) is 12.1 Å². The smallest absolute Gasteiger partial charge is 0.366 e. The third-order valence-corrected chi connectivity index (χ3v) is 4.90. The van der Waals surface area contributed by atoms with Crippen LogP contribution in [0.1, 0.15) is 46.4 Å². The van der Waals surface area contributed by atoms with Crippen LogP contribution in [-0.4, -0.2) is 23.4 Å². The van der Waals surface area contributed by atoms with Crippen LogP contribution in [0.15, 0.2) is 48.5 Å². The van der Waals surface area contributed by atoms with E-state index in [-0.39, 0.29) is 12.1 Å². The van der Waals surface area contributed by atoms with E-state index in [1.54, 1.807) is 18.2 Å². The van der Waals surface area contributed by atoms with Crippen molar-refractivity contribution in [2.24, 2.45) is 5.73 Å². The molecular formula is C20H21F3N2O. The molecule has 3 unspecified atom stereocenters. The Morgan fingerprint density at radius 3 is 2.54 bits per heavy atom. The standard InChI is InChI=1S/C20H21F3N2O/c1-13(5-6-14-7-9-15(10-8-14)19(24)26)25-12-18(25)16-3-2-4-17(11-16)20(21,22)23/h2-4,7-11,13,18H,5-6,12H2,1H3,(H2,24,26). The van der Waals surface area contributed by atoms with Crippen molar-refractivity contribution in [2.45, 2.75) is 38.0 Å². The highest BCUT2D eigenvalue weighted by Crippen LogP contribution is 2.40. The van der Waals surface area contributed by atoms with Gasteiger partial charge in [-0.3, -0.25) is 9.69 Å². The molecule has 0 spiro atoms. The van der Waals surface area contributed by atoms with Gasteiger partial charge >= 0.3 is 6.18 Å². The fraction of sp³-hybridized carbons (Fsp3) is 0.350. The maximum absolute atomic E-state index is 12.9. The summed E-state index contributed by atoms with van der Waals surface area (Å²) in [5.74, 6) is -0.446. The number of carbonyl (C=O) groups excluding carboxylic acids is 1. The number of rotatable bonds is 6. The molecule has 2 aromatic carbocycles. The van der Waals surface area contributed by atoms with E-state index in [0.29, 0.717) is 5.56 Å². The molecule has 0 bridgehead atoms. The molecule has 1 saturated heterocycles. The number of primary amides is 1. The summed E-state index contributed by atoms with van der Waals surface area (Å²) in [6.07, 6.45) is -2.57.